The first-order chi connectivity index (χ1) is 13.6. The van der Waals surface area contributed by atoms with E-state index in [0.29, 0.717) is 22.4 Å². The Kier molecular flexibility index (Phi) is 5.72. The van der Waals surface area contributed by atoms with Crippen LogP contribution >= 0.6 is 0 Å². The average molecular weight is 376 g/mol. The van der Waals surface area contributed by atoms with Crippen molar-refractivity contribution in [3.05, 3.63) is 95.6 Å². The predicted octanol–water partition coefficient (Wildman–Crippen LogP) is 2.79. The first-order valence-electron chi connectivity index (χ1n) is 8.59. The van der Waals surface area contributed by atoms with Crippen molar-refractivity contribution in [2.45, 2.75) is 5.60 Å². The number of benzene rings is 3. The van der Waals surface area contributed by atoms with Crippen molar-refractivity contribution >= 4 is 12.1 Å². The SMILES string of the molecule is COc1cc(C=NNC(=O)C(O)(c2ccccc2)c2ccccc2)ccc1O. The number of rotatable bonds is 6. The fraction of sp³-hybridized carbons (Fsp3) is 0.0909. The molecule has 3 aromatic carbocycles. The Morgan fingerprint density at radius 3 is 2.11 bits per heavy atom. The van der Waals surface area contributed by atoms with E-state index in [0.717, 1.165) is 0 Å². The first-order valence-corrected chi connectivity index (χ1v) is 8.59. The van der Waals surface area contributed by atoms with Crippen LogP contribution in [-0.4, -0.2) is 29.4 Å². The molecule has 0 atom stereocenters. The maximum Gasteiger partial charge on any atom is 0.281 e. The highest BCUT2D eigenvalue weighted by Crippen LogP contribution is 2.30. The molecule has 3 aromatic rings. The Morgan fingerprint density at radius 2 is 1.57 bits per heavy atom. The van der Waals surface area contributed by atoms with E-state index in [4.69, 9.17) is 4.74 Å². The number of aromatic hydroxyl groups is 1. The minimum atomic E-state index is -1.90. The number of carbonyl (C=O) groups excluding carboxylic acids is 1. The molecular weight excluding hydrogens is 356 g/mol. The van der Waals surface area contributed by atoms with Crippen LogP contribution in [0.3, 0.4) is 0 Å². The first kappa shape index (κ1) is 19.1. The molecule has 28 heavy (non-hydrogen) atoms. The number of carbonyl (C=O) groups is 1. The van der Waals surface area contributed by atoms with E-state index in [1.807, 2.05) is 12.1 Å². The van der Waals surface area contributed by atoms with Gasteiger partial charge in [-0.3, -0.25) is 4.79 Å². The number of amides is 1. The third kappa shape index (κ3) is 3.87. The fourth-order valence-electron chi connectivity index (χ4n) is 2.81. The lowest BCUT2D eigenvalue weighted by Gasteiger charge is -2.27. The number of phenols is 1. The van der Waals surface area contributed by atoms with Crippen molar-refractivity contribution in [3.8, 4) is 11.5 Å². The smallest absolute Gasteiger partial charge is 0.281 e. The molecule has 0 aliphatic heterocycles. The van der Waals surface area contributed by atoms with Crippen molar-refractivity contribution in [2.24, 2.45) is 5.10 Å². The number of aliphatic hydroxyl groups is 1. The van der Waals surface area contributed by atoms with Gasteiger partial charge in [-0.2, -0.15) is 5.10 Å². The topological polar surface area (TPSA) is 91.2 Å². The molecule has 0 aliphatic rings. The van der Waals surface area contributed by atoms with Gasteiger partial charge in [0, 0.05) is 0 Å². The fourth-order valence-corrected chi connectivity index (χ4v) is 2.81. The molecule has 1 amide bonds. The van der Waals surface area contributed by atoms with E-state index >= 15 is 0 Å². The number of ether oxygens (including phenoxy) is 1. The molecule has 0 saturated heterocycles. The van der Waals surface area contributed by atoms with Crippen LogP contribution in [0, 0.1) is 0 Å². The lowest BCUT2D eigenvalue weighted by molar-refractivity contribution is -0.136. The van der Waals surface area contributed by atoms with Gasteiger partial charge in [-0.15, -0.1) is 0 Å². The van der Waals surface area contributed by atoms with Crippen molar-refractivity contribution in [1.82, 2.24) is 5.43 Å². The van der Waals surface area contributed by atoms with Crippen molar-refractivity contribution in [1.29, 1.82) is 0 Å². The Balaban J connectivity index is 1.87. The summed E-state index contributed by atoms with van der Waals surface area (Å²) in [5, 5.41) is 24.9. The van der Waals surface area contributed by atoms with Crippen LogP contribution in [0.2, 0.25) is 0 Å². The van der Waals surface area contributed by atoms with Crippen molar-refractivity contribution in [2.75, 3.05) is 7.11 Å². The van der Waals surface area contributed by atoms with E-state index in [1.165, 1.54) is 19.4 Å². The molecule has 3 rings (SSSR count). The van der Waals surface area contributed by atoms with Gasteiger partial charge in [-0.1, -0.05) is 60.7 Å². The molecule has 0 aromatic heterocycles. The normalized spacial score (nSPS) is 11.4. The summed E-state index contributed by atoms with van der Waals surface area (Å²) in [7, 11) is 1.44. The van der Waals surface area contributed by atoms with Crippen LogP contribution in [0.15, 0.2) is 84.0 Å². The van der Waals surface area contributed by atoms with Crippen LogP contribution in [0.4, 0.5) is 0 Å². The van der Waals surface area contributed by atoms with E-state index in [9.17, 15) is 15.0 Å². The van der Waals surface area contributed by atoms with Crippen LogP contribution in [0.5, 0.6) is 11.5 Å². The summed E-state index contributed by atoms with van der Waals surface area (Å²) in [6.45, 7) is 0. The summed E-state index contributed by atoms with van der Waals surface area (Å²) in [6, 6.07) is 22.0. The lowest BCUT2D eigenvalue weighted by Crippen LogP contribution is -2.43. The molecular formula is C22H20N2O4. The van der Waals surface area contributed by atoms with Gasteiger partial charge >= 0.3 is 0 Å². The van der Waals surface area contributed by atoms with Gasteiger partial charge in [0.15, 0.2) is 17.1 Å². The highest BCUT2D eigenvalue weighted by Gasteiger charge is 2.39. The number of hydrogen-bond donors (Lipinski definition) is 3. The second-order valence-corrected chi connectivity index (χ2v) is 6.07. The zero-order chi connectivity index (χ0) is 20.0. The molecule has 6 nitrogen and oxygen atoms in total. The summed E-state index contributed by atoms with van der Waals surface area (Å²) in [4.78, 5) is 12.9. The minimum Gasteiger partial charge on any atom is -0.504 e. The number of hydrogen-bond acceptors (Lipinski definition) is 5. The van der Waals surface area contributed by atoms with Crippen molar-refractivity contribution < 1.29 is 19.7 Å². The number of methoxy groups -OCH3 is 1. The minimum absolute atomic E-state index is 0.00576. The summed E-state index contributed by atoms with van der Waals surface area (Å²) < 4.78 is 5.04. The number of nitrogens with zero attached hydrogens (tertiary/aromatic N) is 1. The molecule has 3 N–H and O–H groups in total. The summed E-state index contributed by atoms with van der Waals surface area (Å²) >= 11 is 0. The molecule has 6 heteroatoms. The molecule has 0 fully saturated rings. The van der Waals surface area contributed by atoms with Gasteiger partial charge in [-0.25, -0.2) is 5.43 Å². The highest BCUT2D eigenvalue weighted by molar-refractivity contribution is 5.91. The maximum absolute atomic E-state index is 12.9. The van der Waals surface area contributed by atoms with Gasteiger partial charge in [-0.05, 0) is 34.9 Å². The zero-order valence-corrected chi connectivity index (χ0v) is 15.2. The van der Waals surface area contributed by atoms with Gasteiger partial charge in [0.05, 0.1) is 13.3 Å². The molecule has 0 bridgehead atoms. The highest BCUT2D eigenvalue weighted by atomic mass is 16.5. The van der Waals surface area contributed by atoms with Crippen LogP contribution < -0.4 is 10.2 Å². The molecule has 0 aliphatic carbocycles. The predicted molar refractivity (Wildman–Crippen MR) is 106 cm³/mol. The Hall–Kier alpha value is -3.64. The van der Waals surface area contributed by atoms with Gasteiger partial charge in [0.25, 0.3) is 5.91 Å². The van der Waals surface area contributed by atoms with Crippen LogP contribution in [0.25, 0.3) is 0 Å². The second kappa shape index (κ2) is 8.37. The molecule has 0 saturated carbocycles. The summed E-state index contributed by atoms with van der Waals surface area (Å²) in [6.07, 6.45) is 1.40. The maximum atomic E-state index is 12.9. The van der Waals surface area contributed by atoms with Gasteiger partial charge in [0.2, 0.25) is 0 Å². The molecule has 142 valence electrons. The number of nitrogens with one attached hydrogen (secondary N) is 1. The zero-order valence-electron chi connectivity index (χ0n) is 15.2. The lowest BCUT2D eigenvalue weighted by atomic mass is 9.85. The van der Waals surface area contributed by atoms with Crippen LogP contribution in [-0.2, 0) is 10.4 Å². The molecule has 0 spiro atoms. The number of phenolic OH excluding ortho intramolecular Hbond substituents is 1. The third-order valence-corrected chi connectivity index (χ3v) is 4.30. The Labute approximate surface area is 162 Å². The average Bonchev–Trinajstić information content (AvgIpc) is 2.75. The van der Waals surface area contributed by atoms with Crippen LogP contribution in [0.1, 0.15) is 16.7 Å². The summed E-state index contributed by atoms with van der Waals surface area (Å²) in [5.74, 6) is -0.390. The largest absolute Gasteiger partial charge is 0.504 e. The van der Waals surface area contributed by atoms with Gasteiger partial charge in [0.1, 0.15) is 0 Å². The third-order valence-electron chi connectivity index (χ3n) is 4.30. The molecule has 0 heterocycles. The quantitative estimate of drug-likeness (QED) is 0.456. The van der Waals surface area contributed by atoms with Crippen molar-refractivity contribution in [3.63, 3.8) is 0 Å². The second-order valence-electron chi connectivity index (χ2n) is 6.07. The standard InChI is InChI=1S/C22H20N2O4/c1-28-20-14-16(12-13-19(20)25)15-23-24-21(26)22(27,17-8-4-2-5-9-17)18-10-6-3-7-11-18/h2-15,25,27H,1H3,(H,24,26). The van der Waals surface area contributed by atoms with E-state index in [-0.39, 0.29) is 5.75 Å². The summed E-state index contributed by atoms with van der Waals surface area (Å²) in [5.41, 5.74) is 1.97. The van der Waals surface area contributed by atoms with E-state index in [1.54, 1.807) is 60.7 Å². The molecule has 0 unspecified atom stereocenters. The van der Waals surface area contributed by atoms with Gasteiger partial charge < -0.3 is 14.9 Å². The monoisotopic (exact) mass is 376 g/mol. The van der Waals surface area contributed by atoms with E-state index in [2.05, 4.69) is 10.5 Å². The van der Waals surface area contributed by atoms with E-state index < -0.39 is 11.5 Å². The number of hydrazone groups is 1. The Bertz CT molecular complexity index is 933. The Morgan fingerprint density at radius 1 is 1.00 bits per heavy atom. The molecule has 0 radical (unpaired) electrons.